The Kier molecular flexibility index (Phi) is 1.87. The monoisotopic (exact) mass is 166 g/mol. The Morgan fingerprint density at radius 1 is 1.42 bits per heavy atom. The van der Waals surface area contributed by atoms with E-state index in [0.717, 1.165) is 12.8 Å². The molecule has 1 heterocycles. The van der Waals surface area contributed by atoms with Gasteiger partial charge in [0.1, 0.15) is 0 Å². The lowest BCUT2D eigenvalue weighted by Gasteiger charge is -1.98. The first-order valence-corrected chi connectivity index (χ1v) is 4.66. The fraction of sp³-hybridized carbons (Fsp3) is 0.778. The summed E-state index contributed by atoms with van der Waals surface area (Å²) in [5.74, 6) is 0.0434. The van der Waals surface area contributed by atoms with E-state index in [-0.39, 0.29) is 5.90 Å². The summed E-state index contributed by atoms with van der Waals surface area (Å²) in [4.78, 5) is 0. The molecule has 66 valence electrons. The van der Waals surface area contributed by atoms with Gasteiger partial charge in [-0.1, -0.05) is 4.68 Å². The fourth-order valence-corrected chi connectivity index (χ4v) is 1.99. The van der Waals surface area contributed by atoms with Crippen molar-refractivity contribution in [3.05, 3.63) is 0 Å². The van der Waals surface area contributed by atoms with E-state index in [9.17, 15) is 5.11 Å². The van der Waals surface area contributed by atoms with Crippen molar-refractivity contribution >= 4 is 11.6 Å². The van der Waals surface area contributed by atoms with Gasteiger partial charge in [0.15, 0.2) is 11.8 Å². The third-order valence-corrected chi connectivity index (χ3v) is 2.61. The van der Waals surface area contributed by atoms with Crippen LogP contribution in [0.2, 0.25) is 0 Å². The van der Waals surface area contributed by atoms with E-state index < -0.39 is 0 Å². The minimum atomic E-state index is 0.0434. The fourth-order valence-electron chi connectivity index (χ4n) is 1.99. The van der Waals surface area contributed by atoms with Gasteiger partial charge >= 0.3 is 0 Å². The van der Waals surface area contributed by atoms with Crippen molar-refractivity contribution in [2.24, 2.45) is 5.10 Å². The zero-order valence-electron chi connectivity index (χ0n) is 7.42. The Hall–Kier alpha value is -0.860. The third kappa shape index (κ3) is 1.24. The molecule has 2 rings (SSSR count). The van der Waals surface area contributed by atoms with Gasteiger partial charge in [0.05, 0.1) is 0 Å². The summed E-state index contributed by atoms with van der Waals surface area (Å²) in [7, 11) is 0. The van der Waals surface area contributed by atoms with Crippen molar-refractivity contribution in [1.82, 2.24) is 0 Å². The highest BCUT2D eigenvalue weighted by molar-refractivity contribution is 5.82. The highest BCUT2D eigenvalue weighted by atomic mass is 16.3. The van der Waals surface area contributed by atoms with Crippen LogP contribution in [-0.2, 0) is 0 Å². The lowest BCUT2D eigenvalue weighted by atomic mass is 10.2. The molecule has 1 saturated carbocycles. The molecule has 0 aromatic rings. The van der Waals surface area contributed by atoms with Crippen LogP contribution in [-0.4, -0.2) is 22.3 Å². The third-order valence-electron chi connectivity index (χ3n) is 2.61. The number of hydrogen-bond acceptors (Lipinski definition) is 2. The molecule has 0 aromatic heterocycles. The maximum Gasteiger partial charge on any atom is 0.185 e. The van der Waals surface area contributed by atoms with Crippen LogP contribution in [0.5, 0.6) is 0 Å². The Morgan fingerprint density at radius 2 is 2.08 bits per heavy atom. The first-order valence-electron chi connectivity index (χ1n) is 4.66. The van der Waals surface area contributed by atoms with Gasteiger partial charge in [-0.05, 0) is 17.9 Å². The highest BCUT2D eigenvalue weighted by Gasteiger charge is 2.28. The average molecular weight is 166 g/mol. The van der Waals surface area contributed by atoms with E-state index in [0.29, 0.717) is 12.5 Å². The van der Waals surface area contributed by atoms with Crippen LogP contribution in [0.15, 0.2) is 5.10 Å². The summed E-state index contributed by atoms with van der Waals surface area (Å²) in [6.07, 6.45) is 5.41. The van der Waals surface area contributed by atoms with Gasteiger partial charge in [-0.15, -0.1) is 0 Å². The molecular weight excluding hydrogens is 152 g/mol. The predicted molar refractivity (Wildman–Crippen MR) is 45.2 cm³/mol. The summed E-state index contributed by atoms with van der Waals surface area (Å²) < 4.78 is 1.95. The van der Waals surface area contributed by atoms with Crippen molar-refractivity contribution in [2.75, 3.05) is 0 Å². The van der Waals surface area contributed by atoms with Crippen LogP contribution in [0.3, 0.4) is 0 Å². The zero-order chi connectivity index (χ0) is 8.55. The maximum atomic E-state index is 11.0. The number of nitrogens with zero attached hydrogens (tertiary/aromatic N) is 2. The first kappa shape index (κ1) is 7.77. The molecule has 0 bridgehead atoms. The molecule has 1 atom stereocenters. The Morgan fingerprint density at radius 3 is 2.58 bits per heavy atom. The summed E-state index contributed by atoms with van der Waals surface area (Å²) >= 11 is 0. The van der Waals surface area contributed by atoms with Gasteiger partial charge in [0, 0.05) is 32.1 Å². The highest BCUT2D eigenvalue weighted by Crippen LogP contribution is 2.18. The van der Waals surface area contributed by atoms with Gasteiger partial charge in [0.25, 0.3) is 0 Å². The molecule has 0 N–H and O–H groups in total. The molecule has 0 aromatic carbocycles. The number of hydrogen-bond donors (Lipinski definition) is 0. The smallest absolute Gasteiger partial charge is 0.185 e. The van der Waals surface area contributed by atoms with Crippen LogP contribution in [0.1, 0.15) is 39.0 Å². The molecular formula is C9H14N2O. The molecule has 1 unspecified atom stereocenters. The van der Waals surface area contributed by atoms with Gasteiger partial charge in [-0.2, -0.15) is 0 Å². The van der Waals surface area contributed by atoms with Crippen LogP contribution >= 0.6 is 0 Å². The summed E-state index contributed by atoms with van der Waals surface area (Å²) in [5, 5.41) is 15.0. The van der Waals surface area contributed by atoms with Crippen molar-refractivity contribution < 1.29 is 9.79 Å². The number of hydrazone groups is 1. The summed E-state index contributed by atoms with van der Waals surface area (Å²) in [5.41, 5.74) is 1.37. The quantitative estimate of drug-likeness (QED) is 0.482. The Balaban J connectivity index is 2.26. The maximum absolute atomic E-state index is 11.0. The Bertz CT molecular complexity index is 247. The van der Waals surface area contributed by atoms with E-state index in [4.69, 9.17) is 0 Å². The van der Waals surface area contributed by atoms with E-state index in [1.165, 1.54) is 18.6 Å². The van der Waals surface area contributed by atoms with Crippen LogP contribution in [0, 0.1) is 0 Å². The summed E-state index contributed by atoms with van der Waals surface area (Å²) in [6.45, 7) is 2.07. The standard InChI is InChI=1S/C9H14N2O/c1-7-6-9(12)10-11(7)8-4-2-3-5-8/h7H,2-6H2,1H3. The molecule has 1 aliphatic heterocycles. The molecule has 0 spiro atoms. The minimum absolute atomic E-state index is 0.0434. The summed E-state index contributed by atoms with van der Waals surface area (Å²) in [6, 6.07) is 0.311. The van der Waals surface area contributed by atoms with Crippen LogP contribution in [0.4, 0.5) is 0 Å². The second kappa shape index (κ2) is 2.88. The van der Waals surface area contributed by atoms with Gasteiger partial charge in [-0.3, -0.25) is 0 Å². The van der Waals surface area contributed by atoms with Crippen molar-refractivity contribution in [3.63, 3.8) is 0 Å². The minimum Gasteiger partial charge on any atom is -0.857 e. The van der Waals surface area contributed by atoms with Crippen LogP contribution in [0.25, 0.3) is 0 Å². The Labute approximate surface area is 72.4 Å². The SMILES string of the molecule is CC1CC([O-])=N[N+]1=C1CCCC1. The lowest BCUT2D eigenvalue weighted by molar-refractivity contribution is -0.560. The van der Waals surface area contributed by atoms with Crippen molar-refractivity contribution in [2.45, 2.75) is 45.1 Å². The topological polar surface area (TPSA) is 38.4 Å². The predicted octanol–water partition coefficient (Wildman–Crippen LogP) is 0.480. The normalized spacial score (nSPS) is 29.8. The van der Waals surface area contributed by atoms with Gasteiger partial charge in [0.2, 0.25) is 0 Å². The molecule has 2 aliphatic rings. The van der Waals surface area contributed by atoms with Crippen molar-refractivity contribution in [3.8, 4) is 0 Å². The van der Waals surface area contributed by atoms with E-state index in [2.05, 4.69) is 12.0 Å². The first-order chi connectivity index (χ1) is 5.77. The lowest BCUT2D eigenvalue weighted by Crippen LogP contribution is -2.20. The average Bonchev–Trinajstić information content (AvgIpc) is 2.58. The van der Waals surface area contributed by atoms with E-state index >= 15 is 0 Å². The second-order valence-electron chi connectivity index (χ2n) is 3.66. The van der Waals surface area contributed by atoms with Gasteiger partial charge in [-0.25, -0.2) is 0 Å². The molecule has 1 fully saturated rings. The molecule has 0 amide bonds. The van der Waals surface area contributed by atoms with Gasteiger partial charge < -0.3 is 5.11 Å². The largest absolute Gasteiger partial charge is 0.857 e. The van der Waals surface area contributed by atoms with E-state index in [1.54, 1.807) is 0 Å². The molecule has 0 saturated heterocycles. The van der Waals surface area contributed by atoms with Crippen molar-refractivity contribution in [1.29, 1.82) is 0 Å². The molecule has 3 nitrogen and oxygen atoms in total. The molecule has 12 heavy (non-hydrogen) atoms. The number of rotatable bonds is 0. The zero-order valence-corrected chi connectivity index (χ0v) is 7.42. The molecule has 3 heteroatoms. The van der Waals surface area contributed by atoms with E-state index in [1.807, 2.05) is 4.68 Å². The molecule has 0 radical (unpaired) electrons. The second-order valence-corrected chi connectivity index (χ2v) is 3.66. The van der Waals surface area contributed by atoms with Crippen LogP contribution < -0.4 is 5.11 Å². The molecule has 1 aliphatic carbocycles.